The van der Waals surface area contributed by atoms with Crippen LogP contribution in [0.1, 0.15) is 13.3 Å². The minimum Gasteiger partial charge on any atom is -0.298 e. The normalized spacial score (nSPS) is 10.2. The highest BCUT2D eigenvalue weighted by atomic mass is 79.9. The lowest BCUT2D eigenvalue weighted by molar-refractivity contribution is -0.115. The molecule has 0 aromatic heterocycles. The number of carbonyl (C=O) groups excluding carboxylic acids is 1. The highest BCUT2D eigenvalue weighted by molar-refractivity contribution is 9.09. The van der Waals surface area contributed by atoms with Crippen LogP contribution in [-0.4, -0.2) is 11.1 Å². The van der Waals surface area contributed by atoms with Gasteiger partial charge in [0.2, 0.25) is 0 Å². The number of rotatable bonds is 3. The third-order valence-electron chi connectivity index (χ3n) is 0.730. The molecule has 1 nitrogen and oxygen atoms in total. The van der Waals surface area contributed by atoms with Crippen LogP contribution in [-0.2, 0) is 4.79 Å². The smallest absolute Gasteiger partial charge is 0.147 e. The van der Waals surface area contributed by atoms with Gasteiger partial charge in [0.1, 0.15) is 5.78 Å². The molecule has 2 heteroatoms. The van der Waals surface area contributed by atoms with Gasteiger partial charge in [-0.15, -0.1) is 0 Å². The van der Waals surface area contributed by atoms with Gasteiger partial charge in [0.15, 0.2) is 0 Å². The summed E-state index contributed by atoms with van der Waals surface area (Å²) in [7, 11) is 0. The number of halogens is 1. The van der Waals surface area contributed by atoms with Crippen LogP contribution in [0, 0.1) is 0 Å². The zero-order valence-electron chi connectivity index (χ0n) is 4.86. The van der Waals surface area contributed by atoms with Gasteiger partial charge in [-0.3, -0.25) is 4.79 Å². The van der Waals surface area contributed by atoms with E-state index in [-0.39, 0.29) is 5.78 Å². The molecule has 8 heavy (non-hydrogen) atoms. The third-order valence-corrected chi connectivity index (χ3v) is 1.36. The first kappa shape index (κ1) is 7.89. The van der Waals surface area contributed by atoms with E-state index in [4.69, 9.17) is 0 Å². The predicted molar refractivity (Wildman–Crippen MR) is 38.2 cm³/mol. The number of carbonyl (C=O) groups is 1. The van der Waals surface area contributed by atoms with Crippen molar-refractivity contribution in [1.29, 1.82) is 0 Å². The number of alkyl halides is 1. The van der Waals surface area contributed by atoms with E-state index < -0.39 is 0 Å². The molecule has 0 bridgehead atoms. The van der Waals surface area contributed by atoms with E-state index in [0.717, 1.165) is 0 Å². The second kappa shape index (κ2) is 5.04. The molecule has 0 amide bonds. The van der Waals surface area contributed by atoms with Gasteiger partial charge in [-0.2, -0.15) is 0 Å². The lowest BCUT2D eigenvalue weighted by Crippen LogP contribution is -1.94. The average molecular weight is 177 g/mol. The van der Waals surface area contributed by atoms with E-state index in [1.807, 2.05) is 19.1 Å². The lowest BCUT2D eigenvalue weighted by atomic mass is 10.3. The molecule has 0 aliphatic rings. The summed E-state index contributed by atoms with van der Waals surface area (Å²) in [4.78, 5) is 10.5. The average Bonchev–Trinajstić information content (AvgIpc) is 1.83. The molecule has 0 unspecified atom stereocenters. The maximum Gasteiger partial charge on any atom is 0.147 e. The van der Waals surface area contributed by atoms with Gasteiger partial charge < -0.3 is 0 Å². The Morgan fingerprint density at radius 3 is 2.75 bits per heavy atom. The topological polar surface area (TPSA) is 17.1 Å². The summed E-state index contributed by atoms with van der Waals surface area (Å²) >= 11 is 3.06. The van der Waals surface area contributed by atoms with Gasteiger partial charge in [-0.1, -0.05) is 28.1 Å². The number of ketones is 1. The fourth-order valence-electron chi connectivity index (χ4n) is 0.304. The number of hydrogen-bond acceptors (Lipinski definition) is 1. The van der Waals surface area contributed by atoms with Crippen molar-refractivity contribution < 1.29 is 4.79 Å². The van der Waals surface area contributed by atoms with Crippen LogP contribution in [0.15, 0.2) is 12.2 Å². The summed E-state index contributed by atoms with van der Waals surface area (Å²) < 4.78 is 0. The van der Waals surface area contributed by atoms with Crippen molar-refractivity contribution in [3.63, 3.8) is 0 Å². The van der Waals surface area contributed by atoms with Crippen LogP contribution in [0.3, 0.4) is 0 Å². The van der Waals surface area contributed by atoms with E-state index in [1.54, 1.807) is 0 Å². The molecule has 46 valence electrons. The van der Waals surface area contributed by atoms with Crippen LogP contribution >= 0.6 is 15.9 Å². The number of Topliss-reactive ketones (excluding diaryl/α,β-unsaturated/α-hetero) is 1. The Morgan fingerprint density at radius 1 is 1.75 bits per heavy atom. The van der Waals surface area contributed by atoms with Crippen molar-refractivity contribution in [2.24, 2.45) is 0 Å². The molecule has 0 aliphatic carbocycles. The molecule has 0 saturated carbocycles. The molecular weight excluding hydrogens is 168 g/mol. The molecular formula is C6H9BrO. The van der Waals surface area contributed by atoms with Crippen LogP contribution in [0.25, 0.3) is 0 Å². The van der Waals surface area contributed by atoms with E-state index >= 15 is 0 Å². The standard InChI is InChI=1S/C6H9BrO/c1-2-3-4-6(8)5-7/h2-3H,4-5H2,1H3. The van der Waals surface area contributed by atoms with Gasteiger partial charge >= 0.3 is 0 Å². The van der Waals surface area contributed by atoms with Crippen LogP contribution in [0.5, 0.6) is 0 Å². The van der Waals surface area contributed by atoms with Crippen LogP contribution in [0.4, 0.5) is 0 Å². The molecule has 0 aromatic rings. The highest BCUT2D eigenvalue weighted by Crippen LogP contribution is 1.89. The van der Waals surface area contributed by atoms with E-state index in [0.29, 0.717) is 11.8 Å². The van der Waals surface area contributed by atoms with Crippen molar-refractivity contribution in [1.82, 2.24) is 0 Å². The Kier molecular flexibility index (Phi) is 4.97. The fourth-order valence-corrected chi connectivity index (χ4v) is 0.533. The largest absolute Gasteiger partial charge is 0.298 e. The van der Waals surface area contributed by atoms with Crippen molar-refractivity contribution in [3.05, 3.63) is 12.2 Å². The molecule has 0 spiro atoms. The molecule has 0 fully saturated rings. The molecule has 0 aliphatic heterocycles. The molecule has 0 heterocycles. The maximum atomic E-state index is 10.5. The van der Waals surface area contributed by atoms with E-state index in [2.05, 4.69) is 15.9 Å². The molecule has 0 saturated heterocycles. The summed E-state index contributed by atoms with van der Waals surface area (Å²) in [6, 6.07) is 0. The molecule has 0 aromatic carbocycles. The quantitative estimate of drug-likeness (QED) is 0.475. The second-order valence-corrected chi connectivity index (χ2v) is 2.01. The van der Waals surface area contributed by atoms with E-state index in [1.165, 1.54) is 0 Å². The Balaban J connectivity index is 3.25. The third kappa shape index (κ3) is 4.06. The van der Waals surface area contributed by atoms with Gasteiger partial charge in [0, 0.05) is 6.42 Å². The summed E-state index contributed by atoms with van der Waals surface area (Å²) in [5, 5.41) is 0.470. The maximum absolute atomic E-state index is 10.5. The van der Waals surface area contributed by atoms with Crippen molar-refractivity contribution >= 4 is 21.7 Å². The van der Waals surface area contributed by atoms with E-state index in [9.17, 15) is 4.79 Å². The van der Waals surface area contributed by atoms with Gasteiger partial charge in [-0.25, -0.2) is 0 Å². The Bertz CT molecular complexity index is 96.7. The summed E-state index contributed by atoms with van der Waals surface area (Å²) in [6.45, 7) is 1.90. The minimum atomic E-state index is 0.225. The van der Waals surface area contributed by atoms with Gasteiger partial charge in [0.25, 0.3) is 0 Å². The first-order valence-corrected chi connectivity index (χ1v) is 3.62. The molecule has 0 atom stereocenters. The SMILES string of the molecule is CC=CCC(=O)CBr. The Morgan fingerprint density at radius 2 is 2.38 bits per heavy atom. The summed E-state index contributed by atoms with van der Waals surface area (Å²) in [5.74, 6) is 0.225. The van der Waals surface area contributed by atoms with Crippen molar-refractivity contribution in [3.8, 4) is 0 Å². The van der Waals surface area contributed by atoms with Crippen molar-refractivity contribution in [2.75, 3.05) is 5.33 Å². The second-order valence-electron chi connectivity index (χ2n) is 1.45. The highest BCUT2D eigenvalue weighted by Gasteiger charge is 1.91. The van der Waals surface area contributed by atoms with Crippen LogP contribution in [0.2, 0.25) is 0 Å². The number of hydrogen-bond donors (Lipinski definition) is 0. The molecule has 0 rings (SSSR count). The van der Waals surface area contributed by atoms with Crippen molar-refractivity contribution in [2.45, 2.75) is 13.3 Å². The van der Waals surface area contributed by atoms with Gasteiger partial charge in [0.05, 0.1) is 5.33 Å². The molecule has 0 radical (unpaired) electrons. The molecule has 0 N–H and O–H groups in total. The Hall–Kier alpha value is -0.110. The monoisotopic (exact) mass is 176 g/mol. The van der Waals surface area contributed by atoms with Gasteiger partial charge in [-0.05, 0) is 6.92 Å². The Labute approximate surface area is 57.9 Å². The lowest BCUT2D eigenvalue weighted by Gasteiger charge is -1.83. The zero-order chi connectivity index (χ0) is 6.41. The fraction of sp³-hybridized carbons (Fsp3) is 0.500. The predicted octanol–water partition coefficient (Wildman–Crippen LogP) is 1.92. The van der Waals surface area contributed by atoms with Crippen LogP contribution < -0.4 is 0 Å². The zero-order valence-corrected chi connectivity index (χ0v) is 6.44. The first-order chi connectivity index (χ1) is 3.81. The first-order valence-electron chi connectivity index (χ1n) is 2.50. The summed E-state index contributed by atoms with van der Waals surface area (Å²) in [6.07, 6.45) is 4.28. The minimum absolute atomic E-state index is 0.225. The number of allylic oxidation sites excluding steroid dienone is 2. The summed E-state index contributed by atoms with van der Waals surface area (Å²) in [5.41, 5.74) is 0.